The van der Waals surface area contributed by atoms with Gasteiger partial charge in [-0.05, 0) is 87.2 Å². The maximum Gasteiger partial charge on any atom is 0.264 e. The van der Waals surface area contributed by atoms with E-state index in [0.29, 0.717) is 22.9 Å². The Hall–Kier alpha value is -3.76. The highest BCUT2D eigenvalue weighted by atomic mass is 35.5. The van der Waals surface area contributed by atoms with Crippen LogP contribution in [-0.4, -0.2) is 58.0 Å². The fourth-order valence-corrected chi connectivity index (χ4v) is 6.10. The molecule has 3 aromatic carbocycles. The number of carbonyl (C=O) groups excluding carboxylic acids is 2. The SMILES string of the molecule is CCC(C)NC(=O)C(C)N(Cc1ccc(Cl)cc1)C(=O)CN(c1cc(C)cc(C)c1)S(=O)(=O)c1ccc(OC)c(OC)c1. The molecule has 9 nitrogen and oxygen atoms in total. The van der Waals surface area contributed by atoms with Gasteiger partial charge >= 0.3 is 0 Å². The van der Waals surface area contributed by atoms with Crippen LogP contribution >= 0.6 is 11.6 Å². The predicted molar refractivity (Wildman–Crippen MR) is 169 cm³/mol. The Morgan fingerprint density at radius 2 is 1.51 bits per heavy atom. The van der Waals surface area contributed by atoms with Gasteiger partial charge in [-0.25, -0.2) is 8.42 Å². The van der Waals surface area contributed by atoms with E-state index in [2.05, 4.69) is 5.32 Å². The molecule has 0 aliphatic carbocycles. The van der Waals surface area contributed by atoms with E-state index in [1.807, 2.05) is 33.8 Å². The van der Waals surface area contributed by atoms with Gasteiger partial charge in [0.15, 0.2) is 11.5 Å². The van der Waals surface area contributed by atoms with Gasteiger partial charge < -0.3 is 19.7 Å². The molecule has 11 heteroatoms. The largest absolute Gasteiger partial charge is 0.493 e. The van der Waals surface area contributed by atoms with Crippen molar-refractivity contribution in [1.82, 2.24) is 10.2 Å². The second-order valence-electron chi connectivity index (χ2n) is 10.5. The zero-order valence-electron chi connectivity index (χ0n) is 25.7. The van der Waals surface area contributed by atoms with E-state index in [0.717, 1.165) is 21.0 Å². The third-order valence-electron chi connectivity index (χ3n) is 7.15. The van der Waals surface area contributed by atoms with E-state index in [1.54, 1.807) is 43.3 Å². The van der Waals surface area contributed by atoms with Gasteiger partial charge in [-0.2, -0.15) is 0 Å². The molecule has 232 valence electrons. The van der Waals surface area contributed by atoms with Crippen molar-refractivity contribution in [2.24, 2.45) is 0 Å². The van der Waals surface area contributed by atoms with Crippen molar-refractivity contribution in [1.29, 1.82) is 0 Å². The number of amides is 2. The van der Waals surface area contributed by atoms with Gasteiger partial charge in [-0.1, -0.05) is 36.7 Å². The summed E-state index contributed by atoms with van der Waals surface area (Å²) >= 11 is 6.07. The number of anilines is 1. The third-order valence-corrected chi connectivity index (χ3v) is 9.17. The molecule has 43 heavy (non-hydrogen) atoms. The molecule has 0 fully saturated rings. The Morgan fingerprint density at radius 3 is 2.07 bits per heavy atom. The van der Waals surface area contributed by atoms with Crippen LogP contribution in [0.4, 0.5) is 5.69 Å². The number of ether oxygens (including phenoxy) is 2. The van der Waals surface area contributed by atoms with Gasteiger partial charge in [0.05, 0.1) is 24.8 Å². The number of hydrogen-bond acceptors (Lipinski definition) is 6. The second kappa shape index (κ2) is 14.6. The highest BCUT2D eigenvalue weighted by molar-refractivity contribution is 7.92. The minimum absolute atomic E-state index is 0.0716. The standard InChI is InChI=1S/C32H40ClN3O6S/c1-8-23(4)34-32(38)24(5)35(19-25-9-11-26(33)12-10-25)31(37)20-36(27-16-21(2)15-22(3)17-27)43(39,40)28-13-14-29(41-6)30(18-28)42-7/h9-18,23-24H,8,19-20H2,1-7H3,(H,34,38). The van der Waals surface area contributed by atoms with E-state index in [-0.39, 0.29) is 29.1 Å². The number of carbonyl (C=O) groups is 2. The number of nitrogens with zero attached hydrogens (tertiary/aromatic N) is 2. The predicted octanol–water partition coefficient (Wildman–Crippen LogP) is 5.50. The summed E-state index contributed by atoms with van der Waals surface area (Å²) in [5.74, 6) is -0.289. The van der Waals surface area contributed by atoms with Crippen LogP contribution in [0, 0.1) is 13.8 Å². The number of rotatable bonds is 13. The fourth-order valence-electron chi connectivity index (χ4n) is 4.56. The number of aryl methyl sites for hydroxylation is 2. The molecule has 0 heterocycles. The zero-order valence-corrected chi connectivity index (χ0v) is 27.3. The zero-order chi connectivity index (χ0) is 31.9. The molecule has 0 aliphatic heterocycles. The molecule has 3 aromatic rings. The Morgan fingerprint density at radius 1 is 0.907 bits per heavy atom. The van der Waals surface area contributed by atoms with E-state index in [1.165, 1.54) is 37.3 Å². The second-order valence-corrected chi connectivity index (χ2v) is 12.8. The van der Waals surface area contributed by atoms with Crippen LogP contribution in [0.25, 0.3) is 0 Å². The van der Waals surface area contributed by atoms with E-state index >= 15 is 0 Å². The van der Waals surface area contributed by atoms with Crippen LogP contribution in [0.2, 0.25) is 5.02 Å². The van der Waals surface area contributed by atoms with Crippen LogP contribution in [-0.2, 0) is 26.2 Å². The number of sulfonamides is 1. The molecular formula is C32H40ClN3O6S. The van der Waals surface area contributed by atoms with E-state index in [4.69, 9.17) is 21.1 Å². The molecule has 0 aromatic heterocycles. The summed E-state index contributed by atoms with van der Waals surface area (Å²) in [6.07, 6.45) is 0.716. The van der Waals surface area contributed by atoms with Gasteiger partial charge in [0.25, 0.3) is 10.0 Å². The van der Waals surface area contributed by atoms with E-state index < -0.39 is 28.5 Å². The number of benzene rings is 3. The van der Waals surface area contributed by atoms with Crippen molar-refractivity contribution < 1.29 is 27.5 Å². The molecule has 2 atom stereocenters. The van der Waals surface area contributed by atoms with Crippen LogP contribution < -0.4 is 19.1 Å². The van der Waals surface area contributed by atoms with Crippen LogP contribution in [0.3, 0.4) is 0 Å². The van der Waals surface area contributed by atoms with Gasteiger partial charge in [0, 0.05) is 23.7 Å². The van der Waals surface area contributed by atoms with Crippen LogP contribution in [0.15, 0.2) is 65.6 Å². The average molecular weight is 630 g/mol. The van der Waals surface area contributed by atoms with Gasteiger partial charge in [-0.15, -0.1) is 0 Å². The first-order valence-corrected chi connectivity index (χ1v) is 15.8. The topological polar surface area (TPSA) is 105 Å². The first-order chi connectivity index (χ1) is 20.3. The molecule has 2 unspecified atom stereocenters. The summed E-state index contributed by atoms with van der Waals surface area (Å²) in [5.41, 5.74) is 2.72. The summed E-state index contributed by atoms with van der Waals surface area (Å²) in [5, 5.41) is 3.46. The van der Waals surface area contributed by atoms with Crippen molar-refractivity contribution in [2.45, 2.75) is 64.6 Å². The van der Waals surface area contributed by atoms with Crippen molar-refractivity contribution in [3.8, 4) is 11.5 Å². The van der Waals surface area contributed by atoms with Crippen molar-refractivity contribution in [2.75, 3.05) is 25.1 Å². The average Bonchev–Trinajstić information content (AvgIpc) is 2.97. The quantitative estimate of drug-likeness (QED) is 0.268. The van der Waals surface area contributed by atoms with Crippen molar-refractivity contribution >= 4 is 39.1 Å². The molecule has 0 saturated heterocycles. The highest BCUT2D eigenvalue weighted by Crippen LogP contribution is 2.33. The first-order valence-electron chi connectivity index (χ1n) is 14.0. The maximum atomic E-state index is 14.2. The lowest BCUT2D eigenvalue weighted by Crippen LogP contribution is -2.52. The third kappa shape index (κ3) is 8.42. The lowest BCUT2D eigenvalue weighted by atomic mass is 10.1. The summed E-state index contributed by atoms with van der Waals surface area (Å²) in [7, 11) is -1.41. The number of halogens is 1. The van der Waals surface area contributed by atoms with E-state index in [9.17, 15) is 18.0 Å². The summed E-state index contributed by atoms with van der Waals surface area (Å²) < 4.78 is 40.2. The monoisotopic (exact) mass is 629 g/mol. The first kappa shape index (κ1) is 33.7. The number of methoxy groups -OCH3 is 2. The number of nitrogens with one attached hydrogen (secondary N) is 1. The molecule has 1 N–H and O–H groups in total. The smallest absolute Gasteiger partial charge is 0.264 e. The Bertz CT molecular complexity index is 1520. The Balaban J connectivity index is 2.10. The maximum absolute atomic E-state index is 14.2. The normalized spacial score (nSPS) is 12.7. The molecule has 3 rings (SSSR count). The fraction of sp³-hybridized carbons (Fsp3) is 0.375. The lowest BCUT2D eigenvalue weighted by Gasteiger charge is -2.32. The summed E-state index contributed by atoms with van der Waals surface area (Å²) in [4.78, 5) is 28.7. The van der Waals surface area contributed by atoms with Crippen LogP contribution in [0.5, 0.6) is 11.5 Å². The summed E-state index contributed by atoms with van der Waals surface area (Å²) in [6, 6.07) is 15.6. The Kier molecular flexibility index (Phi) is 11.5. The molecule has 0 radical (unpaired) electrons. The van der Waals surface area contributed by atoms with Gasteiger partial charge in [0.2, 0.25) is 11.8 Å². The van der Waals surface area contributed by atoms with Gasteiger partial charge in [-0.3, -0.25) is 13.9 Å². The van der Waals surface area contributed by atoms with Crippen LogP contribution in [0.1, 0.15) is 43.9 Å². The highest BCUT2D eigenvalue weighted by Gasteiger charge is 2.33. The summed E-state index contributed by atoms with van der Waals surface area (Å²) in [6.45, 7) is 8.70. The number of hydrogen-bond donors (Lipinski definition) is 1. The minimum atomic E-state index is -4.29. The minimum Gasteiger partial charge on any atom is -0.493 e. The van der Waals surface area contributed by atoms with Crippen molar-refractivity contribution in [3.63, 3.8) is 0 Å². The van der Waals surface area contributed by atoms with Crippen molar-refractivity contribution in [3.05, 3.63) is 82.4 Å². The van der Waals surface area contributed by atoms with Gasteiger partial charge in [0.1, 0.15) is 12.6 Å². The lowest BCUT2D eigenvalue weighted by molar-refractivity contribution is -0.139. The molecule has 0 bridgehead atoms. The molecular weight excluding hydrogens is 590 g/mol. The molecule has 2 amide bonds. The molecule has 0 spiro atoms. The molecule has 0 aliphatic rings. The molecule has 0 saturated carbocycles. The Labute approximate surface area is 259 Å².